The molecule has 1 atom stereocenters. The number of hydrogen-bond donors (Lipinski definition) is 1. The molecule has 0 fully saturated rings. The van der Waals surface area contributed by atoms with Crippen molar-refractivity contribution >= 4 is 15.9 Å². The number of hydrogen-bond acceptors (Lipinski definition) is 1. The molecule has 72 valence electrons. The molecule has 1 aromatic carbocycles. The summed E-state index contributed by atoms with van der Waals surface area (Å²) in [5, 5.41) is 0. The zero-order chi connectivity index (χ0) is 10.0. The van der Waals surface area contributed by atoms with Crippen LogP contribution in [-0.4, -0.2) is 6.43 Å². The molecule has 0 aliphatic carbocycles. The highest BCUT2D eigenvalue weighted by atomic mass is 79.9. The van der Waals surface area contributed by atoms with Crippen molar-refractivity contribution in [3.63, 3.8) is 0 Å². The molecule has 0 saturated heterocycles. The van der Waals surface area contributed by atoms with Gasteiger partial charge in [-0.05, 0) is 17.7 Å². The van der Waals surface area contributed by atoms with Crippen molar-refractivity contribution in [3.8, 4) is 0 Å². The van der Waals surface area contributed by atoms with Crippen molar-refractivity contribution in [2.75, 3.05) is 0 Å². The molecule has 0 aromatic heterocycles. The average molecular weight is 254 g/mol. The predicted molar refractivity (Wildman–Crippen MR) is 47.0 cm³/mol. The van der Waals surface area contributed by atoms with Crippen molar-refractivity contribution in [2.45, 2.75) is 12.5 Å². The van der Waals surface area contributed by atoms with Crippen molar-refractivity contribution < 1.29 is 13.2 Å². The van der Waals surface area contributed by atoms with E-state index in [1.165, 1.54) is 6.07 Å². The predicted octanol–water partition coefficient (Wildman–Crippen LogP) is 2.85. The summed E-state index contributed by atoms with van der Waals surface area (Å²) in [5.74, 6) is -0.489. The van der Waals surface area contributed by atoms with Crippen LogP contribution in [-0.2, 0) is 0 Å². The fourth-order valence-corrected chi connectivity index (χ4v) is 1.52. The summed E-state index contributed by atoms with van der Waals surface area (Å²) in [4.78, 5) is 0. The maximum Gasteiger partial charge on any atom is 0.257 e. The van der Waals surface area contributed by atoms with Crippen LogP contribution in [0.4, 0.5) is 13.2 Å². The van der Waals surface area contributed by atoms with Crippen LogP contribution in [0.15, 0.2) is 22.7 Å². The van der Waals surface area contributed by atoms with Crippen LogP contribution in [0.2, 0.25) is 0 Å². The normalized spacial score (nSPS) is 13.4. The lowest BCUT2D eigenvalue weighted by molar-refractivity contribution is 0.116. The zero-order valence-corrected chi connectivity index (χ0v) is 8.06. The van der Waals surface area contributed by atoms with Gasteiger partial charge in [0.25, 0.3) is 6.43 Å². The van der Waals surface area contributed by atoms with E-state index in [9.17, 15) is 13.2 Å². The van der Waals surface area contributed by atoms with Gasteiger partial charge < -0.3 is 5.73 Å². The van der Waals surface area contributed by atoms with E-state index in [4.69, 9.17) is 5.73 Å². The average Bonchev–Trinajstić information content (AvgIpc) is 2.03. The third-order valence-electron chi connectivity index (χ3n) is 1.59. The van der Waals surface area contributed by atoms with Gasteiger partial charge in [0.1, 0.15) is 5.82 Å². The smallest absolute Gasteiger partial charge is 0.257 e. The minimum atomic E-state index is -2.65. The molecule has 1 nitrogen and oxygen atoms in total. The summed E-state index contributed by atoms with van der Waals surface area (Å²) >= 11 is 2.96. The highest BCUT2D eigenvalue weighted by molar-refractivity contribution is 9.10. The van der Waals surface area contributed by atoms with Crippen molar-refractivity contribution in [1.82, 2.24) is 0 Å². The Kier molecular flexibility index (Phi) is 3.33. The second-order valence-electron chi connectivity index (χ2n) is 2.53. The Bertz CT molecular complexity index is 303. The second-order valence-corrected chi connectivity index (χ2v) is 3.38. The largest absolute Gasteiger partial charge is 0.319 e. The Labute approximate surface area is 81.9 Å². The lowest BCUT2D eigenvalue weighted by Crippen LogP contribution is -2.19. The van der Waals surface area contributed by atoms with Crippen molar-refractivity contribution in [3.05, 3.63) is 34.1 Å². The molecule has 1 aromatic rings. The molecule has 0 aliphatic rings. The number of rotatable bonds is 2. The second kappa shape index (κ2) is 4.11. The Morgan fingerprint density at radius 3 is 2.38 bits per heavy atom. The number of alkyl halides is 2. The molecule has 0 aliphatic heterocycles. The lowest BCUT2D eigenvalue weighted by atomic mass is 10.1. The summed E-state index contributed by atoms with van der Waals surface area (Å²) in [6.45, 7) is 0. The zero-order valence-electron chi connectivity index (χ0n) is 6.48. The monoisotopic (exact) mass is 253 g/mol. The van der Waals surface area contributed by atoms with E-state index < -0.39 is 18.3 Å². The molecule has 0 amide bonds. The van der Waals surface area contributed by atoms with Gasteiger partial charge in [-0.1, -0.05) is 22.0 Å². The molecule has 13 heavy (non-hydrogen) atoms. The molecule has 0 spiro atoms. The van der Waals surface area contributed by atoms with Gasteiger partial charge in [0, 0.05) is 4.47 Å². The molecular weight excluding hydrogens is 247 g/mol. The minimum absolute atomic E-state index is 0.205. The first-order chi connectivity index (χ1) is 6.02. The van der Waals surface area contributed by atoms with Gasteiger partial charge in [0.2, 0.25) is 0 Å². The van der Waals surface area contributed by atoms with Crippen LogP contribution in [0.25, 0.3) is 0 Å². The van der Waals surface area contributed by atoms with Crippen LogP contribution >= 0.6 is 15.9 Å². The maximum atomic E-state index is 12.6. The maximum absolute atomic E-state index is 12.6. The highest BCUT2D eigenvalue weighted by Gasteiger charge is 2.19. The van der Waals surface area contributed by atoms with E-state index in [1.807, 2.05) is 0 Å². The van der Waals surface area contributed by atoms with Crippen molar-refractivity contribution in [2.24, 2.45) is 5.73 Å². The molecule has 0 heterocycles. The SMILES string of the molecule is N[C@H](c1ccc(F)cc1Br)C(F)F. The number of benzene rings is 1. The van der Waals surface area contributed by atoms with Crippen LogP contribution in [0.5, 0.6) is 0 Å². The van der Waals surface area contributed by atoms with Gasteiger partial charge in [0.05, 0.1) is 6.04 Å². The molecular formula is C8H7BrF3N. The van der Waals surface area contributed by atoms with E-state index in [-0.39, 0.29) is 10.0 Å². The van der Waals surface area contributed by atoms with Crippen LogP contribution in [0.3, 0.4) is 0 Å². The number of halogens is 4. The number of nitrogens with two attached hydrogens (primary N) is 1. The van der Waals surface area contributed by atoms with Gasteiger partial charge in [-0.3, -0.25) is 0 Å². The summed E-state index contributed by atoms with van der Waals surface area (Å²) in [6, 6.07) is 2.07. The molecule has 5 heteroatoms. The van der Waals surface area contributed by atoms with Gasteiger partial charge >= 0.3 is 0 Å². The van der Waals surface area contributed by atoms with E-state index in [2.05, 4.69) is 15.9 Å². The third kappa shape index (κ3) is 2.45. The summed E-state index contributed by atoms with van der Waals surface area (Å²) in [7, 11) is 0. The molecule has 2 N–H and O–H groups in total. The van der Waals surface area contributed by atoms with Gasteiger partial charge in [-0.15, -0.1) is 0 Å². The molecule has 0 radical (unpaired) electrons. The van der Waals surface area contributed by atoms with Gasteiger partial charge in [0.15, 0.2) is 0 Å². The first-order valence-electron chi connectivity index (χ1n) is 3.51. The topological polar surface area (TPSA) is 26.0 Å². The molecule has 0 saturated carbocycles. The minimum Gasteiger partial charge on any atom is -0.319 e. The Morgan fingerprint density at radius 2 is 1.92 bits per heavy atom. The van der Waals surface area contributed by atoms with Crippen LogP contribution in [0, 0.1) is 5.82 Å². The first kappa shape index (κ1) is 10.5. The quantitative estimate of drug-likeness (QED) is 0.862. The Morgan fingerprint density at radius 1 is 1.31 bits per heavy atom. The highest BCUT2D eigenvalue weighted by Crippen LogP contribution is 2.26. The van der Waals surface area contributed by atoms with Crippen LogP contribution < -0.4 is 5.73 Å². The fourth-order valence-electron chi connectivity index (χ4n) is 0.908. The molecule has 0 bridgehead atoms. The van der Waals surface area contributed by atoms with E-state index in [1.54, 1.807) is 0 Å². The molecule has 0 unspecified atom stereocenters. The van der Waals surface area contributed by atoms with E-state index >= 15 is 0 Å². The Hall–Kier alpha value is -0.550. The summed E-state index contributed by atoms with van der Waals surface area (Å²) in [5.41, 5.74) is 5.39. The van der Waals surface area contributed by atoms with E-state index in [0.717, 1.165) is 12.1 Å². The van der Waals surface area contributed by atoms with Crippen molar-refractivity contribution in [1.29, 1.82) is 0 Å². The third-order valence-corrected chi connectivity index (χ3v) is 2.28. The summed E-state index contributed by atoms with van der Waals surface area (Å²) < 4.78 is 37.1. The van der Waals surface area contributed by atoms with E-state index in [0.29, 0.717) is 0 Å². The Balaban J connectivity index is 3.01. The fraction of sp³-hybridized carbons (Fsp3) is 0.250. The summed E-state index contributed by atoms with van der Waals surface area (Å²) in [6.07, 6.45) is -2.65. The molecule has 1 rings (SSSR count). The van der Waals surface area contributed by atoms with Crippen LogP contribution in [0.1, 0.15) is 11.6 Å². The lowest BCUT2D eigenvalue weighted by Gasteiger charge is -2.12. The standard InChI is InChI=1S/C8H7BrF3N/c9-6-3-4(10)1-2-5(6)7(13)8(11)12/h1-3,7-8H,13H2/t7-/m1/s1. The first-order valence-corrected chi connectivity index (χ1v) is 4.30. The van der Waals surface area contributed by atoms with Gasteiger partial charge in [-0.2, -0.15) is 0 Å². The van der Waals surface area contributed by atoms with Gasteiger partial charge in [-0.25, -0.2) is 13.2 Å².